The van der Waals surface area contributed by atoms with Crippen LogP contribution >= 0.6 is 0 Å². The normalized spacial score (nSPS) is 21.5. The van der Waals surface area contributed by atoms with E-state index in [0.717, 1.165) is 16.3 Å². The molecule has 3 nitrogen and oxygen atoms in total. The molecule has 0 amide bonds. The van der Waals surface area contributed by atoms with E-state index >= 15 is 0 Å². The number of aliphatic hydroxyl groups is 1. The summed E-state index contributed by atoms with van der Waals surface area (Å²) in [5, 5.41) is 12.6. The van der Waals surface area contributed by atoms with Gasteiger partial charge in [0.2, 0.25) is 0 Å². The summed E-state index contributed by atoms with van der Waals surface area (Å²) in [5.41, 5.74) is 0.807. The minimum Gasteiger partial charge on any atom is -0.388 e. The van der Waals surface area contributed by atoms with Crippen molar-refractivity contribution in [3.05, 3.63) is 48.0 Å². The average molecular weight is 256 g/mol. The highest BCUT2D eigenvalue weighted by Crippen LogP contribution is 2.31. The number of hydrogen-bond acceptors (Lipinski definition) is 3. The third-order valence-electron chi connectivity index (χ3n) is 3.73. The molecule has 0 saturated carbocycles. The van der Waals surface area contributed by atoms with Gasteiger partial charge >= 0.3 is 0 Å². The summed E-state index contributed by atoms with van der Waals surface area (Å²) in [6, 6.07) is 13.7. The number of hydrogen-bond donors (Lipinski definition) is 1. The van der Waals surface area contributed by atoms with Crippen molar-refractivity contribution in [2.75, 3.05) is 13.2 Å². The Kier molecular flexibility index (Phi) is 3.32. The molecule has 1 aliphatic rings. The Balaban J connectivity index is 2.01. The van der Waals surface area contributed by atoms with Gasteiger partial charge in [0.1, 0.15) is 5.78 Å². The Hall–Kier alpha value is -1.71. The zero-order valence-electron chi connectivity index (χ0n) is 10.6. The van der Waals surface area contributed by atoms with Crippen molar-refractivity contribution in [1.29, 1.82) is 0 Å². The summed E-state index contributed by atoms with van der Waals surface area (Å²) in [6.07, 6.45) is -0.397. The Morgan fingerprint density at radius 2 is 1.95 bits per heavy atom. The lowest BCUT2D eigenvalue weighted by molar-refractivity contribution is -0.136. The molecule has 0 bridgehead atoms. The number of fused-ring (bicyclic) bond motifs is 1. The van der Waals surface area contributed by atoms with E-state index in [9.17, 15) is 9.90 Å². The van der Waals surface area contributed by atoms with E-state index in [1.54, 1.807) is 0 Å². The van der Waals surface area contributed by atoms with Crippen LogP contribution < -0.4 is 0 Å². The second-order valence-corrected chi connectivity index (χ2v) is 4.91. The monoisotopic (exact) mass is 256 g/mol. The molecule has 0 aromatic heterocycles. The largest absolute Gasteiger partial charge is 0.388 e. The van der Waals surface area contributed by atoms with Gasteiger partial charge in [-0.15, -0.1) is 0 Å². The number of aliphatic hydroxyl groups excluding tert-OH is 1. The molecule has 3 heteroatoms. The smallest absolute Gasteiger partial charge is 0.143 e. The van der Waals surface area contributed by atoms with Crippen LogP contribution in [0.1, 0.15) is 18.1 Å². The van der Waals surface area contributed by atoms with Crippen LogP contribution in [-0.4, -0.2) is 24.1 Å². The van der Waals surface area contributed by atoms with Crippen molar-refractivity contribution in [3.63, 3.8) is 0 Å². The minimum absolute atomic E-state index is 0.0895. The Labute approximate surface area is 111 Å². The molecule has 0 radical (unpaired) electrons. The number of ether oxygens (including phenoxy) is 1. The Morgan fingerprint density at radius 3 is 2.79 bits per heavy atom. The molecule has 0 spiro atoms. The van der Waals surface area contributed by atoms with E-state index < -0.39 is 12.0 Å². The number of rotatable bonds is 2. The fraction of sp³-hybridized carbons (Fsp3) is 0.312. The number of ketones is 1. The summed E-state index contributed by atoms with van der Waals surface area (Å²) in [6.45, 7) is 0.779. The maximum Gasteiger partial charge on any atom is 0.143 e. The summed E-state index contributed by atoms with van der Waals surface area (Å²) >= 11 is 0. The van der Waals surface area contributed by atoms with E-state index in [-0.39, 0.29) is 5.78 Å². The molecule has 98 valence electrons. The number of Topliss-reactive ketones (excluding diaryl/α,β-unsaturated/α-hetero) is 1. The van der Waals surface area contributed by atoms with Gasteiger partial charge in [-0.05, 0) is 16.3 Å². The molecule has 2 aromatic rings. The fourth-order valence-corrected chi connectivity index (χ4v) is 2.65. The lowest BCUT2D eigenvalue weighted by Gasteiger charge is -2.26. The van der Waals surface area contributed by atoms with Gasteiger partial charge in [0.15, 0.2) is 0 Å². The van der Waals surface area contributed by atoms with Crippen molar-refractivity contribution in [1.82, 2.24) is 0 Å². The van der Waals surface area contributed by atoms with Crippen molar-refractivity contribution < 1.29 is 14.6 Å². The van der Waals surface area contributed by atoms with Gasteiger partial charge in [-0.3, -0.25) is 4.79 Å². The Bertz CT molecular complexity index is 600. The first-order chi connectivity index (χ1) is 9.27. The standard InChI is InChI=1S/C16H16O3/c17-15-8-9-19-10-14(15)16(18)13-7-3-5-11-4-1-2-6-12(11)13/h1-7,14,16,18H,8-10H2/t14-,16+/m0/s1. The van der Waals surface area contributed by atoms with Crippen molar-refractivity contribution in [2.45, 2.75) is 12.5 Å². The first-order valence-electron chi connectivity index (χ1n) is 6.53. The molecule has 19 heavy (non-hydrogen) atoms. The first kappa shape index (κ1) is 12.3. The molecule has 3 rings (SSSR count). The van der Waals surface area contributed by atoms with E-state index in [4.69, 9.17) is 4.74 Å². The summed E-state index contributed by atoms with van der Waals surface area (Å²) in [5.74, 6) is -0.355. The third kappa shape index (κ3) is 2.27. The minimum atomic E-state index is -0.793. The quantitative estimate of drug-likeness (QED) is 0.898. The zero-order valence-corrected chi connectivity index (χ0v) is 10.6. The number of benzene rings is 2. The molecule has 0 unspecified atom stereocenters. The van der Waals surface area contributed by atoms with Crippen LogP contribution in [-0.2, 0) is 9.53 Å². The lowest BCUT2D eigenvalue weighted by Crippen LogP contribution is -2.32. The van der Waals surface area contributed by atoms with Gasteiger partial charge in [-0.25, -0.2) is 0 Å². The van der Waals surface area contributed by atoms with Crippen LogP contribution in [0.15, 0.2) is 42.5 Å². The molecule has 0 aliphatic carbocycles. The predicted molar refractivity (Wildman–Crippen MR) is 72.8 cm³/mol. The molecule has 1 heterocycles. The van der Waals surface area contributed by atoms with E-state index in [2.05, 4.69) is 0 Å². The second-order valence-electron chi connectivity index (χ2n) is 4.91. The fourth-order valence-electron chi connectivity index (χ4n) is 2.65. The lowest BCUT2D eigenvalue weighted by atomic mass is 9.88. The molecule has 1 N–H and O–H groups in total. The van der Waals surface area contributed by atoms with Crippen LogP contribution in [0.2, 0.25) is 0 Å². The van der Waals surface area contributed by atoms with E-state index in [0.29, 0.717) is 19.6 Å². The zero-order chi connectivity index (χ0) is 13.2. The maximum atomic E-state index is 11.9. The van der Waals surface area contributed by atoms with Crippen LogP contribution in [0.3, 0.4) is 0 Å². The number of carbonyl (C=O) groups excluding carboxylic acids is 1. The van der Waals surface area contributed by atoms with Gasteiger partial charge < -0.3 is 9.84 Å². The average Bonchev–Trinajstić information content (AvgIpc) is 2.46. The maximum absolute atomic E-state index is 11.9. The molecule has 1 saturated heterocycles. The molecule has 1 fully saturated rings. The van der Waals surface area contributed by atoms with Gasteiger partial charge in [0, 0.05) is 6.42 Å². The Morgan fingerprint density at radius 1 is 1.16 bits per heavy atom. The second kappa shape index (κ2) is 5.11. The van der Waals surface area contributed by atoms with Crippen molar-refractivity contribution in [3.8, 4) is 0 Å². The highest BCUT2D eigenvalue weighted by Gasteiger charge is 2.31. The first-order valence-corrected chi connectivity index (χ1v) is 6.53. The summed E-state index contributed by atoms with van der Waals surface area (Å²) in [7, 11) is 0. The molecule has 1 aliphatic heterocycles. The third-order valence-corrected chi connectivity index (χ3v) is 3.73. The highest BCUT2D eigenvalue weighted by atomic mass is 16.5. The summed E-state index contributed by atoms with van der Waals surface area (Å²) < 4.78 is 5.33. The predicted octanol–water partition coefficient (Wildman–Crippen LogP) is 2.48. The van der Waals surface area contributed by atoms with E-state index in [1.807, 2.05) is 42.5 Å². The van der Waals surface area contributed by atoms with Gasteiger partial charge in [0.05, 0.1) is 25.2 Å². The molecule has 2 aromatic carbocycles. The van der Waals surface area contributed by atoms with Crippen LogP contribution in [0, 0.1) is 5.92 Å². The van der Waals surface area contributed by atoms with Crippen LogP contribution in [0.5, 0.6) is 0 Å². The van der Waals surface area contributed by atoms with Crippen molar-refractivity contribution >= 4 is 16.6 Å². The molecular formula is C16H16O3. The van der Waals surface area contributed by atoms with Gasteiger partial charge in [-0.1, -0.05) is 42.5 Å². The highest BCUT2D eigenvalue weighted by molar-refractivity contribution is 5.88. The van der Waals surface area contributed by atoms with Crippen LogP contribution in [0.25, 0.3) is 10.8 Å². The number of carbonyl (C=O) groups is 1. The topological polar surface area (TPSA) is 46.5 Å². The SMILES string of the molecule is O=C1CCOC[C@@H]1[C@H](O)c1cccc2ccccc12. The summed E-state index contributed by atoms with van der Waals surface area (Å²) in [4.78, 5) is 11.9. The van der Waals surface area contributed by atoms with Crippen molar-refractivity contribution in [2.24, 2.45) is 5.92 Å². The van der Waals surface area contributed by atoms with E-state index in [1.165, 1.54) is 0 Å². The van der Waals surface area contributed by atoms with Crippen LogP contribution in [0.4, 0.5) is 0 Å². The van der Waals surface area contributed by atoms with Gasteiger partial charge in [0.25, 0.3) is 0 Å². The molecular weight excluding hydrogens is 240 g/mol. The van der Waals surface area contributed by atoms with Gasteiger partial charge in [-0.2, -0.15) is 0 Å². The molecule has 2 atom stereocenters.